The maximum atomic E-state index is 11.8. The fourth-order valence-corrected chi connectivity index (χ4v) is 1.36. The second kappa shape index (κ2) is 3.59. The highest BCUT2D eigenvalue weighted by atomic mass is 16.6. The molecule has 0 aliphatic rings. The number of ether oxygens (including phenoxy) is 1. The molecule has 2 aromatic rings. The molecule has 0 aromatic carbocycles. The molecule has 0 spiro atoms. The van der Waals surface area contributed by atoms with Crippen LogP contribution in [0.5, 0.6) is 0 Å². The summed E-state index contributed by atoms with van der Waals surface area (Å²) in [5.74, 6) is -0.367. The van der Waals surface area contributed by atoms with E-state index >= 15 is 0 Å². The molecule has 2 rings (SSSR count). The maximum Gasteiger partial charge on any atom is 0.340 e. The highest BCUT2D eigenvalue weighted by Crippen LogP contribution is 2.18. The summed E-state index contributed by atoms with van der Waals surface area (Å²) in [5, 5.41) is 0.678. The second-order valence-electron chi connectivity index (χ2n) is 4.49. The number of rotatable bonds is 1. The first-order chi connectivity index (χ1) is 7.47. The van der Waals surface area contributed by atoms with Gasteiger partial charge in [-0.15, -0.1) is 0 Å². The van der Waals surface area contributed by atoms with Crippen molar-refractivity contribution in [1.29, 1.82) is 0 Å². The summed E-state index contributed by atoms with van der Waals surface area (Å²) in [6, 6.07) is 0. The number of esters is 1. The van der Waals surface area contributed by atoms with E-state index in [1.807, 2.05) is 20.8 Å². The highest BCUT2D eigenvalue weighted by molar-refractivity contribution is 6.02. The molecule has 0 amide bonds. The van der Waals surface area contributed by atoms with Crippen molar-refractivity contribution in [3.05, 3.63) is 24.3 Å². The van der Waals surface area contributed by atoms with Crippen LogP contribution in [-0.4, -0.2) is 26.5 Å². The first kappa shape index (κ1) is 10.6. The number of hydrogen-bond donors (Lipinski definition) is 1. The standard InChI is InChI=1S/C11H13N3O2/c1-11(2,3)16-10(15)8-5-13-9-7(8)4-12-6-14-9/h4-6H,1-3H3,(H,12,13,14). The van der Waals surface area contributed by atoms with E-state index in [4.69, 9.17) is 4.74 Å². The van der Waals surface area contributed by atoms with Crippen LogP contribution in [-0.2, 0) is 4.74 Å². The smallest absolute Gasteiger partial charge is 0.340 e. The van der Waals surface area contributed by atoms with Gasteiger partial charge in [0.1, 0.15) is 17.6 Å². The molecule has 2 heterocycles. The van der Waals surface area contributed by atoms with Crippen LogP contribution >= 0.6 is 0 Å². The maximum absolute atomic E-state index is 11.8. The lowest BCUT2D eigenvalue weighted by molar-refractivity contribution is 0.00719. The Kier molecular flexibility index (Phi) is 2.38. The van der Waals surface area contributed by atoms with Gasteiger partial charge in [-0.2, -0.15) is 0 Å². The topological polar surface area (TPSA) is 67.9 Å². The molecule has 5 nitrogen and oxygen atoms in total. The van der Waals surface area contributed by atoms with Crippen molar-refractivity contribution in [3.8, 4) is 0 Å². The van der Waals surface area contributed by atoms with E-state index in [9.17, 15) is 4.79 Å². The number of nitrogens with zero attached hydrogens (tertiary/aromatic N) is 2. The molecule has 0 radical (unpaired) electrons. The molecule has 0 unspecified atom stereocenters. The zero-order valence-electron chi connectivity index (χ0n) is 9.44. The van der Waals surface area contributed by atoms with Gasteiger partial charge >= 0.3 is 5.97 Å². The monoisotopic (exact) mass is 219 g/mol. The van der Waals surface area contributed by atoms with Crippen molar-refractivity contribution in [2.24, 2.45) is 0 Å². The van der Waals surface area contributed by atoms with Crippen LogP contribution in [0.4, 0.5) is 0 Å². The first-order valence-electron chi connectivity index (χ1n) is 4.98. The molecule has 84 valence electrons. The number of nitrogens with one attached hydrogen (secondary N) is 1. The molecule has 0 aliphatic carbocycles. The average molecular weight is 219 g/mol. The van der Waals surface area contributed by atoms with E-state index in [1.165, 1.54) is 6.33 Å². The van der Waals surface area contributed by atoms with Crippen LogP contribution in [0.1, 0.15) is 31.1 Å². The molecule has 16 heavy (non-hydrogen) atoms. The summed E-state index contributed by atoms with van der Waals surface area (Å²) in [7, 11) is 0. The normalized spacial score (nSPS) is 11.7. The quantitative estimate of drug-likeness (QED) is 0.744. The summed E-state index contributed by atoms with van der Waals surface area (Å²) in [6.07, 6.45) is 4.61. The predicted molar refractivity (Wildman–Crippen MR) is 59.1 cm³/mol. The molecule has 1 N–H and O–H groups in total. The van der Waals surface area contributed by atoms with Crippen LogP contribution in [0.3, 0.4) is 0 Å². The van der Waals surface area contributed by atoms with Crippen molar-refractivity contribution in [3.63, 3.8) is 0 Å². The van der Waals surface area contributed by atoms with Crippen LogP contribution in [0.25, 0.3) is 11.0 Å². The fourth-order valence-electron chi connectivity index (χ4n) is 1.36. The number of carbonyl (C=O) groups is 1. The van der Waals surface area contributed by atoms with Crippen molar-refractivity contribution >= 4 is 17.0 Å². The first-order valence-corrected chi connectivity index (χ1v) is 4.98. The summed E-state index contributed by atoms with van der Waals surface area (Å²) in [4.78, 5) is 22.6. The number of aromatic nitrogens is 3. The Morgan fingerprint density at radius 3 is 2.88 bits per heavy atom. The lowest BCUT2D eigenvalue weighted by Gasteiger charge is -2.18. The lowest BCUT2D eigenvalue weighted by Crippen LogP contribution is -2.23. The van der Waals surface area contributed by atoms with Gasteiger partial charge < -0.3 is 9.72 Å². The molecule has 0 fully saturated rings. The minimum Gasteiger partial charge on any atom is -0.456 e. The number of aromatic amines is 1. The SMILES string of the molecule is CC(C)(C)OC(=O)c1c[nH]c2ncncc12. The van der Waals surface area contributed by atoms with Crippen LogP contribution in [0, 0.1) is 0 Å². The Bertz CT molecular complexity index is 525. The van der Waals surface area contributed by atoms with Crippen molar-refractivity contribution in [1.82, 2.24) is 15.0 Å². The summed E-state index contributed by atoms with van der Waals surface area (Å²) in [5.41, 5.74) is 0.595. The lowest BCUT2D eigenvalue weighted by atomic mass is 10.2. The second-order valence-corrected chi connectivity index (χ2v) is 4.49. The van der Waals surface area contributed by atoms with Gasteiger partial charge in [0.15, 0.2) is 0 Å². The molecule has 0 saturated heterocycles. The van der Waals surface area contributed by atoms with Crippen molar-refractivity contribution in [2.75, 3.05) is 0 Å². The van der Waals surface area contributed by atoms with Gasteiger partial charge in [-0.25, -0.2) is 14.8 Å². The van der Waals surface area contributed by atoms with Crippen molar-refractivity contribution < 1.29 is 9.53 Å². The van der Waals surface area contributed by atoms with Gasteiger partial charge in [0.25, 0.3) is 0 Å². The minimum atomic E-state index is -0.504. The summed E-state index contributed by atoms with van der Waals surface area (Å²) >= 11 is 0. The number of fused-ring (bicyclic) bond motifs is 1. The van der Waals surface area contributed by atoms with Gasteiger partial charge in [-0.3, -0.25) is 0 Å². The molecule has 0 aliphatic heterocycles. The Labute approximate surface area is 92.9 Å². The molecule has 5 heteroatoms. The molecule has 0 saturated carbocycles. The van der Waals surface area contributed by atoms with E-state index in [2.05, 4.69) is 15.0 Å². The Balaban J connectivity index is 2.37. The minimum absolute atomic E-state index is 0.367. The largest absolute Gasteiger partial charge is 0.456 e. The van der Waals surface area contributed by atoms with E-state index < -0.39 is 5.60 Å². The Morgan fingerprint density at radius 2 is 2.19 bits per heavy atom. The Hall–Kier alpha value is -1.91. The van der Waals surface area contributed by atoms with Crippen molar-refractivity contribution in [2.45, 2.75) is 26.4 Å². The van der Waals surface area contributed by atoms with Crippen LogP contribution < -0.4 is 0 Å². The van der Waals surface area contributed by atoms with Gasteiger partial charge in [0, 0.05) is 12.4 Å². The number of hydrogen-bond acceptors (Lipinski definition) is 4. The predicted octanol–water partition coefficient (Wildman–Crippen LogP) is 1.91. The molecular weight excluding hydrogens is 206 g/mol. The molecular formula is C11H13N3O2. The molecule has 0 atom stereocenters. The third-order valence-electron chi connectivity index (χ3n) is 1.97. The van der Waals surface area contributed by atoms with Gasteiger partial charge in [0.05, 0.1) is 10.9 Å². The van der Waals surface area contributed by atoms with E-state index in [0.717, 1.165) is 0 Å². The summed E-state index contributed by atoms with van der Waals surface area (Å²) < 4.78 is 5.28. The van der Waals surface area contributed by atoms with E-state index in [-0.39, 0.29) is 5.97 Å². The van der Waals surface area contributed by atoms with Crippen LogP contribution in [0.2, 0.25) is 0 Å². The third-order valence-corrected chi connectivity index (χ3v) is 1.97. The number of carbonyl (C=O) groups excluding carboxylic acids is 1. The zero-order valence-corrected chi connectivity index (χ0v) is 9.44. The fraction of sp³-hybridized carbons (Fsp3) is 0.364. The van der Waals surface area contributed by atoms with E-state index in [1.54, 1.807) is 12.4 Å². The van der Waals surface area contributed by atoms with Gasteiger partial charge in [-0.05, 0) is 20.8 Å². The average Bonchev–Trinajstić information content (AvgIpc) is 2.58. The molecule has 0 bridgehead atoms. The van der Waals surface area contributed by atoms with Crippen LogP contribution in [0.15, 0.2) is 18.7 Å². The Morgan fingerprint density at radius 1 is 1.44 bits per heavy atom. The van der Waals surface area contributed by atoms with Gasteiger partial charge in [-0.1, -0.05) is 0 Å². The number of H-pyrrole nitrogens is 1. The summed E-state index contributed by atoms with van der Waals surface area (Å²) in [6.45, 7) is 5.49. The van der Waals surface area contributed by atoms with E-state index in [0.29, 0.717) is 16.6 Å². The highest BCUT2D eigenvalue weighted by Gasteiger charge is 2.20. The van der Waals surface area contributed by atoms with Gasteiger partial charge in [0.2, 0.25) is 0 Å². The molecule has 2 aromatic heterocycles. The zero-order chi connectivity index (χ0) is 11.8. The third kappa shape index (κ3) is 2.03.